The summed E-state index contributed by atoms with van der Waals surface area (Å²) < 4.78 is 0. The van der Waals surface area contributed by atoms with Gasteiger partial charge in [-0.15, -0.1) is 0 Å². The Morgan fingerprint density at radius 1 is 1.60 bits per heavy atom. The Morgan fingerprint density at radius 3 is 2.93 bits per heavy atom. The molecular weight excluding hydrogens is 184 g/mol. The van der Waals surface area contributed by atoms with Crippen molar-refractivity contribution in [2.24, 2.45) is 0 Å². The maximum Gasteiger partial charge on any atom is 0.0576 e. The van der Waals surface area contributed by atoms with E-state index < -0.39 is 0 Å². The predicted molar refractivity (Wildman–Crippen MR) is 65.6 cm³/mol. The lowest BCUT2D eigenvalue weighted by Gasteiger charge is -2.08. The molecule has 0 atom stereocenters. The molecule has 1 aromatic rings. The molecule has 0 saturated heterocycles. The minimum absolute atomic E-state index is 0.778. The average molecular weight is 202 g/mol. The van der Waals surface area contributed by atoms with E-state index in [4.69, 9.17) is 0 Å². The van der Waals surface area contributed by atoms with Crippen molar-refractivity contribution in [3.63, 3.8) is 0 Å². The van der Waals surface area contributed by atoms with E-state index in [1.807, 2.05) is 25.3 Å². The first-order chi connectivity index (χ1) is 7.15. The zero-order chi connectivity index (χ0) is 11.3. The summed E-state index contributed by atoms with van der Waals surface area (Å²) in [6.07, 6.45) is 3.68. The van der Waals surface area contributed by atoms with Gasteiger partial charge in [0.1, 0.15) is 0 Å². The van der Waals surface area contributed by atoms with Gasteiger partial charge in [-0.2, -0.15) is 0 Å². The summed E-state index contributed by atoms with van der Waals surface area (Å²) in [7, 11) is 0. The van der Waals surface area contributed by atoms with Crippen molar-refractivity contribution >= 4 is 6.08 Å². The van der Waals surface area contributed by atoms with Gasteiger partial charge >= 0.3 is 0 Å². The molecule has 1 N–H and O–H groups in total. The van der Waals surface area contributed by atoms with Crippen LogP contribution in [0.2, 0.25) is 0 Å². The molecule has 1 heterocycles. The Hall–Kier alpha value is -1.41. The molecule has 0 aliphatic heterocycles. The number of aromatic nitrogens is 1. The first-order valence-electron chi connectivity index (χ1n) is 5.07. The summed E-state index contributed by atoms with van der Waals surface area (Å²) in [5.41, 5.74) is 4.56. The van der Waals surface area contributed by atoms with Crippen LogP contribution in [0.1, 0.15) is 23.7 Å². The van der Waals surface area contributed by atoms with Crippen LogP contribution in [0.4, 0.5) is 0 Å². The fourth-order valence-electron chi connectivity index (χ4n) is 1.39. The Kier molecular flexibility index (Phi) is 4.25. The Labute approximate surface area is 91.7 Å². The van der Waals surface area contributed by atoms with Gasteiger partial charge < -0.3 is 5.32 Å². The van der Waals surface area contributed by atoms with E-state index in [1.54, 1.807) is 0 Å². The van der Waals surface area contributed by atoms with Crippen LogP contribution >= 0.6 is 0 Å². The maximum absolute atomic E-state index is 4.34. The minimum atomic E-state index is 0.778. The SMILES string of the molecule is C=Cc1ccnc(CNCC(=C)C)c1C. The second kappa shape index (κ2) is 5.47. The van der Waals surface area contributed by atoms with Gasteiger partial charge in [0.2, 0.25) is 0 Å². The normalized spacial score (nSPS) is 10.0. The first kappa shape index (κ1) is 11.7. The third-order valence-corrected chi connectivity index (χ3v) is 2.29. The maximum atomic E-state index is 4.34. The van der Waals surface area contributed by atoms with E-state index in [0.29, 0.717) is 0 Å². The second-order valence-corrected chi connectivity index (χ2v) is 3.74. The third kappa shape index (κ3) is 3.33. The number of hydrogen-bond donors (Lipinski definition) is 1. The lowest BCUT2D eigenvalue weighted by molar-refractivity contribution is 0.719. The first-order valence-corrected chi connectivity index (χ1v) is 5.07. The monoisotopic (exact) mass is 202 g/mol. The van der Waals surface area contributed by atoms with Crippen molar-refractivity contribution < 1.29 is 0 Å². The van der Waals surface area contributed by atoms with Crippen molar-refractivity contribution in [3.8, 4) is 0 Å². The highest BCUT2D eigenvalue weighted by molar-refractivity contribution is 5.51. The fourth-order valence-corrected chi connectivity index (χ4v) is 1.39. The summed E-state index contributed by atoms with van der Waals surface area (Å²) in [6, 6.07) is 1.98. The van der Waals surface area contributed by atoms with E-state index >= 15 is 0 Å². The Bertz CT molecular complexity index is 367. The second-order valence-electron chi connectivity index (χ2n) is 3.74. The van der Waals surface area contributed by atoms with Gasteiger partial charge in [-0.1, -0.05) is 24.8 Å². The standard InChI is InChI=1S/C13H18N2/c1-5-12-6-7-15-13(11(12)4)9-14-8-10(2)3/h5-7,14H,1-2,8-9H2,3-4H3. The summed E-state index contributed by atoms with van der Waals surface area (Å²) in [5.74, 6) is 0. The zero-order valence-corrected chi connectivity index (χ0v) is 9.51. The van der Waals surface area contributed by atoms with E-state index in [2.05, 4.69) is 30.4 Å². The van der Waals surface area contributed by atoms with Crippen LogP contribution in [0, 0.1) is 6.92 Å². The van der Waals surface area contributed by atoms with Gasteiger partial charge in [0, 0.05) is 19.3 Å². The van der Waals surface area contributed by atoms with Gasteiger partial charge in [0.15, 0.2) is 0 Å². The van der Waals surface area contributed by atoms with E-state index in [0.717, 1.165) is 29.9 Å². The molecule has 0 unspecified atom stereocenters. The highest BCUT2D eigenvalue weighted by atomic mass is 14.9. The predicted octanol–water partition coefficient (Wildman–Crippen LogP) is 2.70. The Balaban J connectivity index is 2.68. The van der Waals surface area contributed by atoms with Gasteiger partial charge in [-0.25, -0.2) is 0 Å². The molecule has 0 radical (unpaired) electrons. The van der Waals surface area contributed by atoms with Gasteiger partial charge in [-0.05, 0) is 31.0 Å². The zero-order valence-electron chi connectivity index (χ0n) is 9.51. The van der Waals surface area contributed by atoms with E-state index in [9.17, 15) is 0 Å². The Morgan fingerprint density at radius 2 is 2.33 bits per heavy atom. The fraction of sp³-hybridized carbons (Fsp3) is 0.308. The molecule has 0 amide bonds. The molecule has 0 spiro atoms. The largest absolute Gasteiger partial charge is 0.307 e. The molecule has 15 heavy (non-hydrogen) atoms. The molecule has 0 aliphatic rings. The van der Waals surface area contributed by atoms with Crippen LogP contribution < -0.4 is 5.32 Å². The van der Waals surface area contributed by atoms with Crippen LogP contribution in [0.5, 0.6) is 0 Å². The molecular formula is C13H18N2. The molecule has 80 valence electrons. The molecule has 0 aliphatic carbocycles. The lowest BCUT2D eigenvalue weighted by Crippen LogP contribution is -2.17. The quantitative estimate of drug-likeness (QED) is 0.743. The van der Waals surface area contributed by atoms with E-state index in [1.165, 1.54) is 5.56 Å². The molecule has 2 nitrogen and oxygen atoms in total. The molecule has 1 aromatic heterocycles. The molecule has 0 aromatic carbocycles. The number of rotatable bonds is 5. The highest BCUT2D eigenvalue weighted by Crippen LogP contribution is 2.11. The lowest BCUT2D eigenvalue weighted by atomic mass is 10.1. The van der Waals surface area contributed by atoms with Crippen LogP contribution in [0.25, 0.3) is 6.08 Å². The van der Waals surface area contributed by atoms with Gasteiger partial charge in [0.05, 0.1) is 5.69 Å². The van der Waals surface area contributed by atoms with Gasteiger partial charge in [-0.3, -0.25) is 4.98 Å². The number of hydrogen-bond acceptors (Lipinski definition) is 2. The number of pyridine rings is 1. The molecule has 1 rings (SSSR count). The summed E-state index contributed by atoms with van der Waals surface area (Å²) >= 11 is 0. The average Bonchev–Trinajstić information content (AvgIpc) is 2.20. The van der Waals surface area contributed by atoms with Crippen LogP contribution in [-0.4, -0.2) is 11.5 Å². The molecule has 0 bridgehead atoms. The van der Waals surface area contributed by atoms with Crippen molar-refractivity contribution in [1.29, 1.82) is 0 Å². The van der Waals surface area contributed by atoms with Crippen molar-refractivity contribution in [3.05, 3.63) is 47.8 Å². The topological polar surface area (TPSA) is 24.9 Å². The van der Waals surface area contributed by atoms with Crippen molar-refractivity contribution in [2.45, 2.75) is 20.4 Å². The minimum Gasteiger partial charge on any atom is -0.307 e. The summed E-state index contributed by atoms with van der Waals surface area (Å²) in [5, 5.41) is 3.30. The summed E-state index contributed by atoms with van der Waals surface area (Å²) in [4.78, 5) is 4.34. The van der Waals surface area contributed by atoms with E-state index in [-0.39, 0.29) is 0 Å². The van der Waals surface area contributed by atoms with Gasteiger partial charge in [0.25, 0.3) is 0 Å². The van der Waals surface area contributed by atoms with Crippen molar-refractivity contribution in [1.82, 2.24) is 10.3 Å². The summed E-state index contributed by atoms with van der Waals surface area (Å²) in [6.45, 7) is 13.3. The van der Waals surface area contributed by atoms with Crippen LogP contribution in [-0.2, 0) is 6.54 Å². The molecule has 0 fully saturated rings. The highest BCUT2D eigenvalue weighted by Gasteiger charge is 2.02. The number of nitrogens with one attached hydrogen (secondary N) is 1. The molecule has 0 saturated carbocycles. The van der Waals surface area contributed by atoms with Crippen LogP contribution in [0.3, 0.4) is 0 Å². The van der Waals surface area contributed by atoms with Crippen LogP contribution in [0.15, 0.2) is 31.0 Å². The van der Waals surface area contributed by atoms with Crippen molar-refractivity contribution in [2.75, 3.05) is 6.54 Å². The number of nitrogens with zero attached hydrogens (tertiary/aromatic N) is 1. The smallest absolute Gasteiger partial charge is 0.0576 e. The molecule has 2 heteroatoms. The third-order valence-electron chi connectivity index (χ3n) is 2.29.